The maximum atomic E-state index is 12.6. The normalized spacial score (nSPS) is 18.8. The monoisotopic (exact) mass is 403 g/mol. The van der Waals surface area contributed by atoms with E-state index in [0.29, 0.717) is 18.7 Å². The minimum Gasteiger partial charge on any atom is -0.350 e. The van der Waals surface area contributed by atoms with E-state index < -0.39 is 9.84 Å². The summed E-state index contributed by atoms with van der Waals surface area (Å²) in [5.41, 5.74) is 4.74. The highest BCUT2D eigenvalue weighted by Gasteiger charge is 2.28. The van der Waals surface area contributed by atoms with Crippen LogP contribution in [0.1, 0.15) is 28.0 Å². The highest BCUT2D eigenvalue weighted by atomic mass is 32.2. The van der Waals surface area contributed by atoms with Crippen LogP contribution in [0.3, 0.4) is 0 Å². The third-order valence-corrected chi connectivity index (χ3v) is 7.67. The molecule has 27 heavy (non-hydrogen) atoms. The molecular formula is C19H21N3O3S2. The zero-order valence-corrected chi connectivity index (χ0v) is 16.9. The van der Waals surface area contributed by atoms with Gasteiger partial charge in [0, 0.05) is 23.7 Å². The molecule has 3 heterocycles. The van der Waals surface area contributed by atoms with Crippen molar-refractivity contribution in [3.63, 3.8) is 0 Å². The van der Waals surface area contributed by atoms with Gasteiger partial charge in [-0.2, -0.15) is 0 Å². The Labute approximate surface area is 162 Å². The standard InChI is InChI=1S/C19H21N3O3S2/c1-12-3-4-13(2)15(7-12)16-9-22-17(10-26-19(22)21-16)18(23)20-8-14-5-6-27(24,25)11-14/h3-4,7,9-10,14H,5-6,8,11H2,1-2H3,(H,20,23). The molecule has 0 aliphatic carbocycles. The topological polar surface area (TPSA) is 80.5 Å². The van der Waals surface area contributed by atoms with Crippen molar-refractivity contribution in [2.75, 3.05) is 18.1 Å². The Bertz CT molecular complexity index is 1130. The quantitative estimate of drug-likeness (QED) is 0.726. The van der Waals surface area contributed by atoms with Gasteiger partial charge in [-0.3, -0.25) is 9.20 Å². The van der Waals surface area contributed by atoms with Crippen molar-refractivity contribution in [2.45, 2.75) is 20.3 Å². The van der Waals surface area contributed by atoms with Gasteiger partial charge in [0.1, 0.15) is 5.69 Å². The number of aromatic nitrogens is 2. The summed E-state index contributed by atoms with van der Waals surface area (Å²) in [5, 5.41) is 4.67. The molecule has 1 atom stereocenters. The molecule has 1 aromatic carbocycles. The lowest BCUT2D eigenvalue weighted by Crippen LogP contribution is -2.30. The Morgan fingerprint density at radius 1 is 1.37 bits per heavy atom. The van der Waals surface area contributed by atoms with Crippen LogP contribution >= 0.6 is 11.3 Å². The third kappa shape index (κ3) is 3.64. The first-order valence-corrected chi connectivity index (χ1v) is 11.6. The first-order chi connectivity index (χ1) is 12.8. The molecule has 4 rings (SSSR count). The van der Waals surface area contributed by atoms with Gasteiger partial charge in [-0.25, -0.2) is 13.4 Å². The average molecular weight is 404 g/mol. The highest BCUT2D eigenvalue weighted by Crippen LogP contribution is 2.27. The van der Waals surface area contributed by atoms with E-state index in [4.69, 9.17) is 0 Å². The molecule has 142 valence electrons. The number of hydrogen-bond acceptors (Lipinski definition) is 5. The van der Waals surface area contributed by atoms with Crippen molar-refractivity contribution in [1.29, 1.82) is 0 Å². The second-order valence-electron chi connectivity index (χ2n) is 7.20. The first kappa shape index (κ1) is 18.2. The molecule has 1 saturated heterocycles. The molecule has 8 heteroatoms. The van der Waals surface area contributed by atoms with E-state index in [2.05, 4.69) is 28.5 Å². The summed E-state index contributed by atoms with van der Waals surface area (Å²) in [6.45, 7) is 4.48. The number of carbonyl (C=O) groups is 1. The zero-order valence-electron chi connectivity index (χ0n) is 15.2. The maximum Gasteiger partial charge on any atom is 0.269 e. The number of fused-ring (bicyclic) bond motifs is 1. The second kappa shape index (κ2) is 6.76. The van der Waals surface area contributed by atoms with Crippen LogP contribution in [0.4, 0.5) is 0 Å². The molecule has 2 aromatic heterocycles. The predicted octanol–water partition coefficient (Wildman–Crippen LogP) is 2.84. The van der Waals surface area contributed by atoms with E-state index >= 15 is 0 Å². The van der Waals surface area contributed by atoms with Crippen LogP contribution in [-0.2, 0) is 9.84 Å². The van der Waals surface area contributed by atoms with E-state index in [1.165, 1.54) is 11.3 Å². The van der Waals surface area contributed by atoms with E-state index in [0.717, 1.165) is 27.3 Å². The molecular weight excluding hydrogens is 382 g/mol. The van der Waals surface area contributed by atoms with Gasteiger partial charge in [0.15, 0.2) is 14.8 Å². The summed E-state index contributed by atoms with van der Waals surface area (Å²) in [6.07, 6.45) is 2.51. The molecule has 1 aliphatic heterocycles. The van der Waals surface area contributed by atoms with Crippen molar-refractivity contribution >= 4 is 32.0 Å². The fourth-order valence-corrected chi connectivity index (χ4v) is 6.16. The number of hydrogen-bond donors (Lipinski definition) is 1. The first-order valence-electron chi connectivity index (χ1n) is 8.85. The Balaban J connectivity index is 1.55. The summed E-state index contributed by atoms with van der Waals surface area (Å²) in [6, 6.07) is 6.24. The lowest BCUT2D eigenvalue weighted by molar-refractivity contribution is 0.0943. The number of rotatable bonds is 4. The number of aryl methyl sites for hydroxylation is 2. The summed E-state index contributed by atoms with van der Waals surface area (Å²) in [5.74, 6) is 0.183. The number of imidazole rings is 1. The van der Waals surface area contributed by atoms with Crippen LogP contribution in [-0.4, -0.2) is 41.8 Å². The largest absolute Gasteiger partial charge is 0.350 e. The number of carbonyl (C=O) groups excluding carboxylic acids is 1. The summed E-state index contributed by atoms with van der Waals surface area (Å²) in [4.78, 5) is 18.0. The lowest BCUT2D eigenvalue weighted by atomic mass is 10.0. The molecule has 0 radical (unpaired) electrons. The van der Waals surface area contributed by atoms with Crippen molar-refractivity contribution in [3.8, 4) is 11.3 Å². The maximum absolute atomic E-state index is 12.6. The van der Waals surface area contributed by atoms with Gasteiger partial charge in [-0.15, -0.1) is 11.3 Å². The van der Waals surface area contributed by atoms with E-state index in [1.54, 1.807) is 5.38 Å². The molecule has 1 aliphatic rings. The van der Waals surface area contributed by atoms with Gasteiger partial charge >= 0.3 is 0 Å². The van der Waals surface area contributed by atoms with Gasteiger partial charge in [0.2, 0.25) is 0 Å². The third-order valence-electron chi connectivity index (χ3n) is 4.99. The van der Waals surface area contributed by atoms with Gasteiger partial charge in [-0.05, 0) is 37.8 Å². The van der Waals surface area contributed by atoms with Crippen molar-refractivity contribution in [1.82, 2.24) is 14.7 Å². The highest BCUT2D eigenvalue weighted by molar-refractivity contribution is 7.91. The molecule has 3 aromatic rings. The van der Waals surface area contributed by atoms with Crippen LogP contribution in [0, 0.1) is 19.8 Å². The molecule has 0 saturated carbocycles. The number of nitrogens with zero attached hydrogens (tertiary/aromatic N) is 2. The van der Waals surface area contributed by atoms with E-state index in [9.17, 15) is 13.2 Å². The number of nitrogens with one attached hydrogen (secondary N) is 1. The van der Waals surface area contributed by atoms with Gasteiger partial charge in [0.05, 0.1) is 17.2 Å². The Morgan fingerprint density at radius 2 is 2.19 bits per heavy atom. The molecule has 1 fully saturated rings. The molecule has 0 spiro atoms. The second-order valence-corrected chi connectivity index (χ2v) is 10.3. The van der Waals surface area contributed by atoms with Crippen LogP contribution in [0.25, 0.3) is 16.2 Å². The summed E-state index contributed by atoms with van der Waals surface area (Å²) in [7, 11) is -2.93. The van der Waals surface area contributed by atoms with Gasteiger partial charge < -0.3 is 5.32 Å². The zero-order chi connectivity index (χ0) is 19.2. The van der Waals surface area contributed by atoms with Crippen LogP contribution in [0.5, 0.6) is 0 Å². The minimum atomic E-state index is -2.93. The molecule has 1 amide bonds. The molecule has 1 unspecified atom stereocenters. The summed E-state index contributed by atoms with van der Waals surface area (Å²) >= 11 is 1.42. The summed E-state index contributed by atoms with van der Waals surface area (Å²) < 4.78 is 24.9. The Kier molecular flexibility index (Phi) is 4.55. The van der Waals surface area contributed by atoms with Crippen molar-refractivity contribution < 1.29 is 13.2 Å². The number of amides is 1. The number of sulfone groups is 1. The average Bonchev–Trinajstić information content (AvgIpc) is 3.28. The van der Waals surface area contributed by atoms with Gasteiger partial charge in [-0.1, -0.05) is 17.7 Å². The number of thiazole rings is 1. The molecule has 6 nitrogen and oxygen atoms in total. The van der Waals surface area contributed by atoms with Crippen LogP contribution < -0.4 is 5.32 Å². The van der Waals surface area contributed by atoms with Gasteiger partial charge in [0.25, 0.3) is 5.91 Å². The van der Waals surface area contributed by atoms with Crippen LogP contribution in [0.2, 0.25) is 0 Å². The Hall–Kier alpha value is -2.19. The van der Waals surface area contributed by atoms with Crippen molar-refractivity contribution in [2.24, 2.45) is 5.92 Å². The number of benzene rings is 1. The van der Waals surface area contributed by atoms with Crippen LogP contribution in [0.15, 0.2) is 29.8 Å². The minimum absolute atomic E-state index is 0.00127. The van der Waals surface area contributed by atoms with E-state index in [1.807, 2.05) is 24.4 Å². The predicted molar refractivity (Wildman–Crippen MR) is 107 cm³/mol. The fraction of sp³-hybridized carbons (Fsp3) is 0.368. The van der Waals surface area contributed by atoms with E-state index in [-0.39, 0.29) is 23.3 Å². The smallest absolute Gasteiger partial charge is 0.269 e. The Morgan fingerprint density at radius 3 is 2.93 bits per heavy atom. The molecule has 0 bridgehead atoms. The SMILES string of the molecule is Cc1ccc(C)c(-c2cn3c(C(=O)NCC4CCS(=O)(=O)C4)csc3n2)c1. The molecule has 1 N–H and O–H groups in total. The lowest BCUT2D eigenvalue weighted by Gasteiger charge is -2.09. The fourth-order valence-electron chi connectivity index (χ4n) is 3.45. The van der Waals surface area contributed by atoms with Crippen molar-refractivity contribution in [3.05, 3.63) is 46.6 Å².